The van der Waals surface area contributed by atoms with E-state index in [2.05, 4.69) is 17.2 Å². The standard InChI is InChI=1S/C28H41N3O10/c1-18(8-9-22-26(2,3)41-39-25(38-22)20-7-6-12-32-20)10-11-31-13-19(29-30-31)14-33-24-23-21(34-17-35-23)15-36-28(24)16-37-27(4,5)40-28/h6-7,12-13,18,21-25H,8-11,14-17H2,1-5H3/t18?,21-,22?,23-,24?,25?,28+/m0/s1. The van der Waals surface area contributed by atoms with E-state index in [4.69, 9.17) is 47.4 Å². The molecule has 0 N–H and O–H groups in total. The number of rotatable bonds is 10. The number of fused-ring (bicyclic) bond motifs is 1. The number of ether oxygens (including phenoxy) is 7. The van der Waals surface area contributed by atoms with Crippen molar-refractivity contribution in [3.05, 3.63) is 36.0 Å². The van der Waals surface area contributed by atoms with E-state index < -0.39 is 29.6 Å². The molecule has 228 valence electrons. The Bertz CT molecular complexity index is 1140. The van der Waals surface area contributed by atoms with Gasteiger partial charge in [0.1, 0.15) is 43.0 Å². The van der Waals surface area contributed by atoms with Crippen molar-refractivity contribution in [3.63, 3.8) is 0 Å². The van der Waals surface area contributed by atoms with Gasteiger partial charge in [-0.05, 0) is 65.0 Å². The summed E-state index contributed by atoms with van der Waals surface area (Å²) in [6, 6.07) is 3.62. The first kappa shape index (κ1) is 29.1. The summed E-state index contributed by atoms with van der Waals surface area (Å²) >= 11 is 0. The molecule has 0 saturated carbocycles. The van der Waals surface area contributed by atoms with Crippen molar-refractivity contribution < 1.29 is 47.4 Å². The van der Waals surface area contributed by atoms with E-state index in [1.165, 1.54) is 0 Å². The molecule has 2 aromatic heterocycles. The second-order valence-corrected chi connectivity index (χ2v) is 12.3. The zero-order chi connectivity index (χ0) is 28.7. The minimum absolute atomic E-state index is 0.135. The van der Waals surface area contributed by atoms with Crippen LogP contribution in [0.25, 0.3) is 0 Å². The monoisotopic (exact) mass is 579 g/mol. The van der Waals surface area contributed by atoms with Crippen LogP contribution in [0.5, 0.6) is 0 Å². The number of furan rings is 1. The number of hydrogen-bond acceptors (Lipinski definition) is 12. The topological polar surface area (TPSA) is 127 Å². The van der Waals surface area contributed by atoms with Crippen molar-refractivity contribution in [2.75, 3.05) is 20.0 Å². The first-order valence-electron chi connectivity index (χ1n) is 14.4. The quantitative estimate of drug-likeness (QED) is 0.381. The maximum Gasteiger partial charge on any atom is 0.250 e. The van der Waals surface area contributed by atoms with Gasteiger partial charge in [-0.15, -0.1) is 5.10 Å². The Morgan fingerprint density at radius 1 is 1.15 bits per heavy atom. The third kappa shape index (κ3) is 6.38. The molecule has 0 amide bonds. The molecule has 7 atom stereocenters. The molecule has 6 rings (SSSR count). The highest BCUT2D eigenvalue weighted by Crippen LogP contribution is 2.43. The molecule has 13 nitrogen and oxygen atoms in total. The highest BCUT2D eigenvalue weighted by molar-refractivity contribution is 5.02. The normalized spacial score (nSPS) is 35.1. The summed E-state index contributed by atoms with van der Waals surface area (Å²) in [5.74, 6) is -0.821. The van der Waals surface area contributed by atoms with E-state index >= 15 is 0 Å². The molecule has 0 aliphatic carbocycles. The zero-order valence-corrected chi connectivity index (χ0v) is 24.4. The fraction of sp³-hybridized carbons (Fsp3) is 0.786. The van der Waals surface area contributed by atoms with Crippen molar-refractivity contribution in [2.45, 2.75) is 115 Å². The number of aromatic nitrogens is 3. The molecular weight excluding hydrogens is 538 g/mol. The van der Waals surface area contributed by atoms with Crippen molar-refractivity contribution in [1.82, 2.24) is 15.0 Å². The smallest absolute Gasteiger partial charge is 0.250 e. The molecule has 13 heteroatoms. The van der Waals surface area contributed by atoms with Gasteiger partial charge in [-0.2, -0.15) is 4.89 Å². The van der Waals surface area contributed by atoms with Crippen LogP contribution >= 0.6 is 0 Å². The fourth-order valence-electron chi connectivity index (χ4n) is 5.71. The molecule has 2 aromatic rings. The Labute approximate surface area is 239 Å². The molecule has 4 unspecified atom stereocenters. The molecule has 0 radical (unpaired) electrons. The van der Waals surface area contributed by atoms with E-state index in [9.17, 15) is 0 Å². The van der Waals surface area contributed by atoms with E-state index in [0.717, 1.165) is 25.8 Å². The van der Waals surface area contributed by atoms with Crippen LogP contribution in [0.15, 0.2) is 29.0 Å². The first-order chi connectivity index (χ1) is 19.6. The maximum atomic E-state index is 6.32. The molecule has 6 heterocycles. The van der Waals surface area contributed by atoms with Gasteiger partial charge < -0.3 is 37.6 Å². The second kappa shape index (κ2) is 11.6. The van der Waals surface area contributed by atoms with Crippen molar-refractivity contribution >= 4 is 0 Å². The lowest BCUT2D eigenvalue weighted by molar-refractivity contribution is -0.490. The fourth-order valence-corrected chi connectivity index (χ4v) is 5.71. The van der Waals surface area contributed by atoms with Crippen molar-refractivity contribution in [1.29, 1.82) is 0 Å². The molecule has 0 aromatic carbocycles. The second-order valence-electron chi connectivity index (χ2n) is 12.3. The van der Waals surface area contributed by atoms with Crippen LogP contribution in [-0.4, -0.2) is 76.6 Å². The SMILES string of the molecule is CC(CCC1OC(c2ccco2)OOC1(C)C)CCn1cc(COC2[C@H]3OCO[C@H]3CO[C@@]23COC(C)(C)O3)nn1. The maximum absolute atomic E-state index is 6.32. The minimum atomic E-state index is -1.06. The zero-order valence-electron chi connectivity index (χ0n) is 24.4. The van der Waals surface area contributed by atoms with Gasteiger partial charge >= 0.3 is 0 Å². The van der Waals surface area contributed by atoms with Gasteiger partial charge in [-0.25, -0.2) is 4.89 Å². The molecule has 4 fully saturated rings. The number of aryl methyl sites for hydroxylation is 1. The molecule has 1 spiro atoms. The lowest BCUT2D eigenvalue weighted by Crippen LogP contribution is -2.62. The van der Waals surface area contributed by atoms with Gasteiger partial charge in [-0.3, -0.25) is 4.68 Å². The van der Waals surface area contributed by atoms with Gasteiger partial charge in [0.15, 0.2) is 11.5 Å². The predicted molar refractivity (Wildman–Crippen MR) is 139 cm³/mol. The Balaban J connectivity index is 0.986. The van der Waals surface area contributed by atoms with E-state index in [-0.39, 0.29) is 38.3 Å². The number of nitrogens with zero attached hydrogens (tertiary/aromatic N) is 3. The van der Waals surface area contributed by atoms with Crippen LogP contribution in [0.2, 0.25) is 0 Å². The number of hydrogen-bond donors (Lipinski definition) is 0. The summed E-state index contributed by atoms with van der Waals surface area (Å²) in [5.41, 5.74) is 0.151. The Morgan fingerprint density at radius 2 is 2.02 bits per heavy atom. The van der Waals surface area contributed by atoms with Crippen LogP contribution in [0.4, 0.5) is 0 Å². The largest absolute Gasteiger partial charge is 0.464 e. The van der Waals surface area contributed by atoms with Crippen molar-refractivity contribution in [2.24, 2.45) is 5.92 Å². The van der Waals surface area contributed by atoms with Gasteiger partial charge in [-0.1, -0.05) is 12.1 Å². The van der Waals surface area contributed by atoms with Crippen LogP contribution in [-0.2, 0) is 56.1 Å². The lowest BCUT2D eigenvalue weighted by atomic mass is 9.92. The van der Waals surface area contributed by atoms with Crippen LogP contribution in [0.1, 0.15) is 71.6 Å². The van der Waals surface area contributed by atoms with E-state index in [1.807, 2.05) is 44.6 Å². The Kier molecular flexibility index (Phi) is 8.26. The third-order valence-corrected chi connectivity index (χ3v) is 8.13. The summed E-state index contributed by atoms with van der Waals surface area (Å²) in [4.78, 5) is 11.1. The minimum Gasteiger partial charge on any atom is -0.464 e. The molecule has 41 heavy (non-hydrogen) atoms. The van der Waals surface area contributed by atoms with Gasteiger partial charge in [0.05, 0.1) is 31.8 Å². The molecule has 4 aliphatic heterocycles. The third-order valence-electron chi connectivity index (χ3n) is 8.13. The summed E-state index contributed by atoms with van der Waals surface area (Å²) in [7, 11) is 0. The average Bonchev–Trinajstić information content (AvgIpc) is 3.74. The lowest BCUT2D eigenvalue weighted by Gasteiger charge is -2.43. The molecular formula is C28H41N3O10. The van der Waals surface area contributed by atoms with Gasteiger partial charge in [0, 0.05) is 6.54 Å². The average molecular weight is 580 g/mol. The van der Waals surface area contributed by atoms with Crippen LogP contribution in [0, 0.1) is 5.92 Å². The summed E-state index contributed by atoms with van der Waals surface area (Å²) in [6.45, 7) is 11.6. The van der Waals surface area contributed by atoms with Gasteiger partial charge in [0.25, 0.3) is 0 Å². The molecule has 4 aliphatic rings. The highest BCUT2D eigenvalue weighted by atomic mass is 17.2. The summed E-state index contributed by atoms with van der Waals surface area (Å²) in [5, 5.41) is 8.64. The first-order valence-corrected chi connectivity index (χ1v) is 14.4. The molecule has 0 bridgehead atoms. The van der Waals surface area contributed by atoms with E-state index in [1.54, 1.807) is 12.3 Å². The summed E-state index contributed by atoms with van der Waals surface area (Å²) in [6.07, 6.45) is 4.36. The predicted octanol–water partition coefficient (Wildman–Crippen LogP) is 3.64. The van der Waals surface area contributed by atoms with Crippen molar-refractivity contribution in [3.8, 4) is 0 Å². The summed E-state index contributed by atoms with van der Waals surface area (Å²) < 4.78 is 49.4. The van der Waals surface area contributed by atoms with Crippen LogP contribution < -0.4 is 0 Å². The van der Waals surface area contributed by atoms with Gasteiger partial charge in [0.2, 0.25) is 12.1 Å². The highest BCUT2D eigenvalue weighted by Gasteiger charge is 2.61. The van der Waals surface area contributed by atoms with Crippen LogP contribution in [0.3, 0.4) is 0 Å². The Hall–Kier alpha value is -1.94. The van der Waals surface area contributed by atoms with E-state index in [0.29, 0.717) is 24.0 Å². The molecule has 4 saturated heterocycles. The Morgan fingerprint density at radius 3 is 2.80 bits per heavy atom.